The van der Waals surface area contributed by atoms with Gasteiger partial charge in [-0.15, -0.1) is 12.4 Å². The highest BCUT2D eigenvalue weighted by molar-refractivity contribution is 5.85. The number of ether oxygens (including phenoxy) is 1. The van der Waals surface area contributed by atoms with Crippen LogP contribution in [0.25, 0.3) is 0 Å². The summed E-state index contributed by atoms with van der Waals surface area (Å²) < 4.78 is 5.42. The van der Waals surface area contributed by atoms with Gasteiger partial charge in [-0.3, -0.25) is 4.79 Å². The molecular formula is C15H27ClN2O2. The normalized spacial score (nSPS) is 29.8. The molecule has 3 rings (SSSR count). The summed E-state index contributed by atoms with van der Waals surface area (Å²) in [4.78, 5) is 14.7. The highest BCUT2D eigenvalue weighted by Gasteiger charge is 2.39. The van der Waals surface area contributed by atoms with E-state index >= 15 is 0 Å². The molecule has 1 unspecified atom stereocenters. The lowest BCUT2D eigenvalue weighted by atomic mass is 9.69. The third kappa shape index (κ3) is 3.46. The van der Waals surface area contributed by atoms with Crippen LogP contribution < -0.4 is 5.32 Å². The molecule has 4 nitrogen and oxygen atoms in total. The Morgan fingerprint density at radius 2 is 1.90 bits per heavy atom. The van der Waals surface area contributed by atoms with Crippen LogP contribution in [0.4, 0.5) is 0 Å². The minimum atomic E-state index is -0.104. The van der Waals surface area contributed by atoms with E-state index in [1.165, 1.54) is 44.9 Å². The van der Waals surface area contributed by atoms with E-state index in [1.807, 2.05) is 0 Å². The highest BCUT2D eigenvalue weighted by Crippen LogP contribution is 2.43. The van der Waals surface area contributed by atoms with Gasteiger partial charge in [-0.1, -0.05) is 19.3 Å². The Hall–Kier alpha value is -0.320. The zero-order valence-corrected chi connectivity index (χ0v) is 13.1. The monoisotopic (exact) mass is 302 g/mol. The van der Waals surface area contributed by atoms with Gasteiger partial charge in [-0.25, -0.2) is 0 Å². The van der Waals surface area contributed by atoms with E-state index in [2.05, 4.69) is 10.2 Å². The maximum absolute atomic E-state index is 12.6. The molecule has 0 aromatic carbocycles. The first-order valence-corrected chi connectivity index (χ1v) is 7.89. The fourth-order valence-electron chi connectivity index (χ4n) is 4.05. The summed E-state index contributed by atoms with van der Waals surface area (Å²) in [6.45, 7) is 4.01. The van der Waals surface area contributed by atoms with Gasteiger partial charge in [-0.2, -0.15) is 0 Å². The number of rotatable bonds is 1. The number of morpholine rings is 1. The number of carbonyl (C=O) groups excluding carboxylic acids is 1. The van der Waals surface area contributed by atoms with Crippen molar-refractivity contribution < 1.29 is 9.53 Å². The predicted octanol–water partition coefficient (Wildman–Crippen LogP) is 1.97. The van der Waals surface area contributed by atoms with Gasteiger partial charge in [0.15, 0.2) is 0 Å². The molecule has 2 aliphatic heterocycles. The Morgan fingerprint density at radius 1 is 1.15 bits per heavy atom. The SMILES string of the molecule is Cl.O=C(C1COCCN1)N1CCCC2(CCCCC2)C1. The first-order chi connectivity index (χ1) is 9.29. The van der Waals surface area contributed by atoms with Crippen LogP contribution in [-0.2, 0) is 9.53 Å². The van der Waals surface area contributed by atoms with Gasteiger partial charge in [0, 0.05) is 19.6 Å². The van der Waals surface area contributed by atoms with Crippen LogP contribution in [0.5, 0.6) is 0 Å². The van der Waals surface area contributed by atoms with Crippen molar-refractivity contribution in [1.29, 1.82) is 0 Å². The second kappa shape index (κ2) is 7.10. The summed E-state index contributed by atoms with van der Waals surface area (Å²) >= 11 is 0. The number of carbonyl (C=O) groups is 1. The van der Waals surface area contributed by atoms with Crippen molar-refractivity contribution in [3.05, 3.63) is 0 Å². The molecule has 5 heteroatoms. The van der Waals surface area contributed by atoms with Crippen LogP contribution in [0.3, 0.4) is 0 Å². The molecule has 0 radical (unpaired) electrons. The van der Waals surface area contributed by atoms with Gasteiger partial charge in [0.2, 0.25) is 5.91 Å². The van der Waals surface area contributed by atoms with Crippen molar-refractivity contribution in [2.75, 3.05) is 32.8 Å². The van der Waals surface area contributed by atoms with E-state index in [4.69, 9.17) is 4.74 Å². The molecule has 3 aliphatic rings. The Bertz CT molecular complexity index is 320. The molecule has 1 spiro atoms. The minimum absolute atomic E-state index is 0. The molecule has 0 aromatic rings. The highest BCUT2D eigenvalue weighted by atomic mass is 35.5. The lowest BCUT2D eigenvalue weighted by Gasteiger charge is -2.46. The molecule has 1 aliphatic carbocycles. The first-order valence-electron chi connectivity index (χ1n) is 7.89. The minimum Gasteiger partial charge on any atom is -0.378 e. The number of nitrogens with one attached hydrogen (secondary N) is 1. The smallest absolute Gasteiger partial charge is 0.242 e. The summed E-state index contributed by atoms with van der Waals surface area (Å²) in [5.41, 5.74) is 0.446. The lowest BCUT2D eigenvalue weighted by Crippen LogP contribution is -2.56. The number of nitrogens with zero attached hydrogens (tertiary/aromatic N) is 1. The van der Waals surface area contributed by atoms with Crippen LogP contribution in [0.2, 0.25) is 0 Å². The topological polar surface area (TPSA) is 41.6 Å². The molecule has 20 heavy (non-hydrogen) atoms. The zero-order valence-electron chi connectivity index (χ0n) is 12.2. The van der Waals surface area contributed by atoms with Crippen molar-refractivity contribution in [3.8, 4) is 0 Å². The Kier molecular flexibility index (Phi) is 5.70. The van der Waals surface area contributed by atoms with E-state index in [9.17, 15) is 4.79 Å². The van der Waals surface area contributed by atoms with Crippen molar-refractivity contribution >= 4 is 18.3 Å². The number of likely N-dealkylation sites (tertiary alicyclic amines) is 1. The first kappa shape index (κ1) is 16.1. The van der Waals surface area contributed by atoms with E-state index < -0.39 is 0 Å². The van der Waals surface area contributed by atoms with Crippen molar-refractivity contribution in [2.45, 2.75) is 51.0 Å². The lowest BCUT2D eigenvalue weighted by molar-refractivity contribution is -0.140. The summed E-state index contributed by atoms with van der Waals surface area (Å²) in [5, 5.41) is 3.29. The molecule has 0 aromatic heterocycles. The van der Waals surface area contributed by atoms with Gasteiger partial charge < -0.3 is 15.0 Å². The van der Waals surface area contributed by atoms with Crippen molar-refractivity contribution in [1.82, 2.24) is 10.2 Å². The second-order valence-electron chi connectivity index (χ2n) is 6.51. The molecule has 2 heterocycles. The molecule has 3 fully saturated rings. The van der Waals surface area contributed by atoms with Gasteiger partial charge in [-0.05, 0) is 31.1 Å². The van der Waals surface area contributed by atoms with Gasteiger partial charge in [0.05, 0.1) is 13.2 Å². The molecule has 0 bridgehead atoms. The molecule has 1 atom stereocenters. The molecule has 2 saturated heterocycles. The fourth-order valence-corrected chi connectivity index (χ4v) is 4.05. The number of hydrogen-bond acceptors (Lipinski definition) is 3. The summed E-state index contributed by atoms with van der Waals surface area (Å²) in [7, 11) is 0. The molecule has 1 saturated carbocycles. The number of hydrogen-bond donors (Lipinski definition) is 1. The maximum Gasteiger partial charge on any atom is 0.242 e. The largest absolute Gasteiger partial charge is 0.378 e. The zero-order chi connectivity index (χ0) is 13.1. The average Bonchev–Trinajstić information content (AvgIpc) is 2.48. The van der Waals surface area contributed by atoms with Crippen LogP contribution in [-0.4, -0.2) is 49.7 Å². The third-order valence-electron chi connectivity index (χ3n) is 5.11. The number of piperidine rings is 1. The molecule has 1 amide bonds. The van der Waals surface area contributed by atoms with Crippen molar-refractivity contribution in [2.24, 2.45) is 5.41 Å². The second-order valence-corrected chi connectivity index (χ2v) is 6.51. The molecular weight excluding hydrogens is 276 g/mol. The van der Waals surface area contributed by atoms with Crippen LogP contribution >= 0.6 is 12.4 Å². The van der Waals surface area contributed by atoms with Crippen molar-refractivity contribution in [3.63, 3.8) is 0 Å². The standard InChI is InChI=1S/C15H26N2O2.ClH/c18-14(13-11-19-10-8-16-13)17-9-4-7-15(12-17)5-2-1-3-6-15;/h13,16H,1-12H2;1H. The van der Waals surface area contributed by atoms with Gasteiger partial charge in [0.1, 0.15) is 6.04 Å². The number of amides is 1. The van der Waals surface area contributed by atoms with Crippen LogP contribution in [0.15, 0.2) is 0 Å². The van der Waals surface area contributed by atoms with Gasteiger partial charge >= 0.3 is 0 Å². The van der Waals surface area contributed by atoms with Crippen LogP contribution in [0.1, 0.15) is 44.9 Å². The van der Waals surface area contributed by atoms with E-state index in [0.717, 1.165) is 26.2 Å². The Morgan fingerprint density at radius 3 is 2.60 bits per heavy atom. The summed E-state index contributed by atoms with van der Waals surface area (Å²) in [6.07, 6.45) is 9.24. The summed E-state index contributed by atoms with van der Waals surface area (Å²) in [6, 6.07) is -0.104. The third-order valence-corrected chi connectivity index (χ3v) is 5.11. The predicted molar refractivity (Wildman–Crippen MR) is 81.2 cm³/mol. The maximum atomic E-state index is 12.6. The van der Waals surface area contributed by atoms with E-state index in [-0.39, 0.29) is 24.4 Å². The molecule has 116 valence electrons. The Balaban J connectivity index is 0.00000147. The van der Waals surface area contributed by atoms with E-state index in [0.29, 0.717) is 12.0 Å². The summed E-state index contributed by atoms with van der Waals surface area (Å²) in [5.74, 6) is 0.268. The average molecular weight is 303 g/mol. The Labute approximate surface area is 128 Å². The fraction of sp³-hybridized carbons (Fsp3) is 0.933. The quantitative estimate of drug-likeness (QED) is 0.805. The van der Waals surface area contributed by atoms with Crippen LogP contribution in [0, 0.1) is 5.41 Å². The number of halogens is 1. The molecule has 1 N–H and O–H groups in total. The van der Waals surface area contributed by atoms with Gasteiger partial charge in [0.25, 0.3) is 0 Å². The van der Waals surface area contributed by atoms with E-state index in [1.54, 1.807) is 0 Å².